The van der Waals surface area contributed by atoms with E-state index in [9.17, 15) is 9.59 Å². The fraction of sp³-hybridized carbons (Fsp3) is 0.643. The van der Waals surface area contributed by atoms with Crippen molar-refractivity contribution >= 4 is 18.1 Å². The molecule has 0 radical (unpaired) electrons. The van der Waals surface area contributed by atoms with Crippen molar-refractivity contribution in [1.29, 1.82) is 0 Å². The first-order valence-electron chi connectivity index (χ1n) is 6.53. The molecule has 0 saturated carbocycles. The van der Waals surface area contributed by atoms with E-state index < -0.39 is 17.5 Å². The summed E-state index contributed by atoms with van der Waals surface area (Å²) in [6, 6.07) is -0.319. The van der Waals surface area contributed by atoms with Gasteiger partial charge in [0, 0.05) is 0 Å². The van der Waals surface area contributed by atoms with Gasteiger partial charge >= 0.3 is 12.3 Å². The Morgan fingerprint density at radius 1 is 1.35 bits per heavy atom. The molecule has 0 aromatic carbocycles. The lowest BCUT2D eigenvalue weighted by molar-refractivity contribution is -0.111. The second-order valence-corrected chi connectivity index (χ2v) is 5.89. The number of carbonyl (C=O) groups is 2. The van der Waals surface area contributed by atoms with Crippen LogP contribution in [-0.2, 0) is 9.53 Å². The maximum atomic E-state index is 11.7. The predicted molar refractivity (Wildman–Crippen MR) is 76.4 cm³/mol. The SMILES string of the molecule is CC(C)C[C@@H](/C=C/C(=O)C=[N+]=[N-])NC(=O)OC(C)(C)C. The standard InChI is InChI=1S/C14H23N3O3/c1-10(2)8-11(6-7-12(18)9-16-15)17-13(19)20-14(3,4)5/h6-7,9-11H,8H2,1-5H3,(H,17,19)/b7-6+/t11-/m1/s1. The minimum atomic E-state index is -0.574. The summed E-state index contributed by atoms with van der Waals surface area (Å²) >= 11 is 0. The van der Waals surface area contributed by atoms with Gasteiger partial charge in [-0.3, -0.25) is 4.79 Å². The first-order chi connectivity index (χ1) is 9.14. The summed E-state index contributed by atoms with van der Waals surface area (Å²) in [6.45, 7) is 9.35. The number of ether oxygens (including phenoxy) is 1. The Morgan fingerprint density at radius 3 is 2.40 bits per heavy atom. The number of rotatable bonds is 6. The van der Waals surface area contributed by atoms with Crippen LogP contribution in [0.3, 0.4) is 0 Å². The molecule has 112 valence electrons. The third kappa shape index (κ3) is 10.0. The van der Waals surface area contributed by atoms with Gasteiger partial charge in [0.05, 0.1) is 6.04 Å². The van der Waals surface area contributed by atoms with Crippen LogP contribution in [-0.4, -0.2) is 34.5 Å². The lowest BCUT2D eigenvalue weighted by Crippen LogP contribution is -2.38. The molecule has 0 aromatic rings. The van der Waals surface area contributed by atoms with E-state index >= 15 is 0 Å². The fourth-order valence-corrected chi connectivity index (χ4v) is 1.46. The highest BCUT2D eigenvalue weighted by molar-refractivity contribution is 6.30. The molecule has 0 spiro atoms. The van der Waals surface area contributed by atoms with Crippen molar-refractivity contribution in [1.82, 2.24) is 5.32 Å². The third-order valence-corrected chi connectivity index (χ3v) is 2.11. The van der Waals surface area contributed by atoms with Crippen molar-refractivity contribution < 1.29 is 19.1 Å². The summed E-state index contributed by atoms with van der Waals surface area (Å²) in [5.41, 5.74) is 7.67. The van der Waals surface area contributed by atoms with Gasteiger partial charge in [-0.1, -0.05) is 19.9 Å². The van der Waals surface area contributed by atoms with Gasteiger partial charge in [-0.15, -0.1) is 0 Å². The number of carbonyl (C=O) groups excluding carboxylic acids is 2. The van der Waals surface area contributed by atoms with Gasteiger partial charge < -0.3 is 15.6 Å². The Hall–Kier alpha value is -1.94. The lowest BCUT2D eigenvalue weighted by atomic mass is 10.0. The van der Waals surface area contributed by atoms with E-state index in [1.165, 1.54) is 6.08 Å². The normalized spacial score (nSPS) is 12.9. The van der Waals surface area contributed by atoms with Gasteiger partial charge in [-0.25, -0.2) is 4.79 Å². The number of hydrogen-bond acceptors (Lipinski definition) is 3. The highest BCUT2D eigenvalue weighted by Gasteiger charge is 2.19. The molecule has 0 aliphatic heterocycles. The average molecular weight is 281 g/mol. The van der Waals surface area contributed by atoms with Crippen LogP contribution in [0.1, 0.15) is 41.0 Å². The molecule has 1 amide bonds. The van der Waals surface area contributed by atoms with Crippen LogP contribution in [0.4, 0.5) is 4.79 Å². The van der Waals surface area contributed by atoms with E-state index in [-0.39, 0.29) is 6.04 Å². The van der Waals surface area contributed by atoms with Crippen molar-refractivity contribution in [2.75, 3.05) is 0 Å². The first kappa shape index (κ1) is 18.1. The molecule has 1 N–H and O–H groups in total. The molecule has 0 aliphatic carbocycles. The first-order valence-corrected chi connectivity index (χ1v) is 6.53. The molecule has 0 aliphatic rings. The molecule has 0 aromatic heterocycles. The topological polar surface area (TPSA) is 91.8 Å². The number of alkyl carbamates (subject to hydrolysis) is 1. The van der Waals surface area contributed by atoms with Crippen LogP contribution >= 0.6 is 0 Å². The Labute approximate surface area is 119 Å². The summed E-state index contributed by atoms with van der Waals surface area (Å²) in [5, 5.41) is 2.70. The van der Waals surface area contributed by atoms with Crippen LogP contribution in [0, 0.1) is 5.92 Å². The number of nitrogens with zero attached hydrogens (tertiary/aromatic N) is 2. The Balaban J connectivity index is 4.68. The van der Waals surface area contributed by atoms with Gasteiger partial charge in [-0.2, -0.15) is 4.79 Å². The molecule has 0 bridgehead atoms. The predicted octanol–water partition coefficient (Wildman–Crippen LogP) is 2.35. The number of hydrogen-bond donors (Lipinski definition) is 1. The molecule has 0 unspecified atom stereocenters. The molecule has 1 atom stereocenters. The second kappa shape index (κ2) is 8.27. The quantitative estimate of drug-likeness (QED) is 0.350. The van der Waals surface area contributed by atoms with E-state index in [0.717, 1.165) is 6.21 Å². The van der Waals surface area contributed by atoms with Crippen molar-refractivity contribution in [3.05, 3.63) is 17.7 Å². The van der Waals surface area contributed by atoms with E-state index in [1.54, 1.807) is 26.8 Å². The summed E-state index contributed by atoms with van der Waals surface area (Å²) in [7, 11) is 0. The Morgan fingerprint density at radius 2 is 1.95 bits per heavy atom. The largest absolute Gasteiger partial charge is 0.444 e. The molecule has 0 saturated heterocycles. The summed E-state index contributed by atoms with van der Waals surface area (Å²) in [4.78, 5) is 25.6. The van der Waals surface area contributed by atoms with Crippen molar-refractivity contribution in [2.45, 2.75) is 52.7 Å². The van der Waals surface area contributed by atoms with Crippen LogP contribution in [0.5, 0.6) is 0 Å². The smallest absolute Gasteiger partial charge is 0.408 e. The molecule has 0 rings (SSSR count). The number of allylic oxidation sites excluding steroid dienone is 1. The zero-order valence-corrected chi connectivity index (χ0v) is 12.7. The molecular formula is C14H23N3O3. The Bertz CT molecular complexity index is 416. The maximum absolute atomic E-state index is 11.7. The minimum Gasteiger partial charge on any atom is -0.444 e. The fourth-order valence-electron chi connectivity index (χ4n) is 1.46. The van der Waals surface area contributed by atoms with Crippen molar-refractivity contribution in [3.8, 4) is 0 Å². The maximum Gasteiger partial charge on any atom is 0.408 e. The lowest BCUT2D eigenvalue weighted by Gasteiger charge is -2.23. The monoisotopic (exact) mass is 281 g/mol. The molecular weight excluding hydrogens is 258 g/mol. The van der Waals surface area contributed by atoms with Crippen LogP contribution in [0.15, 0.2) is 12.2 Å². The average Bonchev–Trinajstić information content (AvgIpc) is 2.22. The van der Waals surface area contributed by atoms with Crippen LogP contribution < -0.4 is 5.32 Å². The zero-order valence-electron chi connectivity index (χ0n) is 12.7. The van der Waals surface area contributed by atoms with Crippen molar-refractivity contribution in [3.63, 3.8) is 0 Å². The second-order valence-electron chi connectivity index (χ2n) is 5.89. The van der Waals surface area contributed by atoms with Gasteiger partial charge in [-0.05, 0) is 39.2 Å². The van der Waals surface area contributed by atoms with Gasteiger partial charge in [0.15, 0.2) is 0 Å². The molecule has 0 fully saturated rings. The van der Waals surface area contributed by atoms with Gasteiger partial charge in [0.2, 0.25) is 0 Å². The summed E-state index contributed by atoms with van der Waals surface area (Å²) < 4.78 is 5.17. The van der Waals surface area contributed by atoms with E-state index in [4.69, 9.17) is 10.3 Å². The van der Waals surface area contributed by atoms with Crippen LogP contribution in [0.2, 0.25) is 0 Å². The number of nitrogens with one attached hydrogen (secondary N) is 1. The number of ketones is 1. The van der Waals surface area contributed by atoms with Crippen molar-refractivity contribution in [2.24, 2.45) is 5.92 Å². The zero-order chi connectivity index (χ0) is 15.8. The van der Waals surface area contributed by atoms with Crippen LogP contribution in [0.25, 0.3) is 5.53 Å². The third-order valence-electron chi connectivity index (χ3n) is 2.11. The highest BCUT2D eigenvalue weighted by Crippen LogP contribution is 2.10. The number of amides is 1. The van der Waals surface area contributed by atoms with E-state index in [1.807, 2.05) is 13.8 Å². The summed E-state index contributed by atoms with van der Waals surface area (Å²) in [6.07, 6.45) is 3.74. The van der Waals surface area contributed by atoms with E-state index in [0.29, 0.717) is 12.3 Å². The van der Waals surface area contributed by atoms with E-state index in [2.05, 4.69) is 10.1 Å². The molecule has 20 heavy (non-hydrogen) atoms. The Kier molecular flexibility index (Phi) is 7.47. The summed E-state index contributed by atoms with van der Waals surface area (Å²) in [5.74, 6) is -0.117. The molecule has 6 nitrogen and oxygen atoms in total. The molecule has 0 heterocycles. The van der Waals surface area contributed by atoms with Gasteiger partial charge in [0.25, 0.3) is 5.78 Å². The minimum absolute atomic E-state index is 0.319. The molecule has 6 heteroatoms. The highest BCUT2D eigenvalue weighted by atomic mass is 16.6. The van der Waals surface area contributed by atoms with Gasteiger partial charge in [0.1, 0.15) is 5.60 Å².